The van der Waals surface area contributed by atoms with Gasteiger partial charge in [-0.25, -0.2) is 4.79 Å². The van der Waals surface area contributed by atoms with Gasteiger partial charge in [0.05, 0.1) is 13.2 Å². The molecule has 0 aliphatic carbocycles. The van der Waals surface area contributed by atoms with E-state index in [1.54, 1.807) is 40.0 Å². The van der Waals surface area contributed by atoms with Gasteiger partial charge in [-0.3, -0.25) is 0 Å². The second-order valence-corrected chi connectivity index (χ2v) is 7.52. The smallest absolute Gasteiger partial charge is 0.334 e. The monoisotopic (exact) mass is 378 g/mol. The lowest BCUT2D eigenvalue weighted by Crippen LogP contribution is -2.36. The van der Waals surface area contributed by atoms with Crippen LogP contribution in [0.25, 0.3) is 0 Å². The summed E-state index contributed by atoms with van der Waals surface area (Å²) >= 11 is 0. The standard InChI is InChI=1S/C23H26N2O3/c1-17(21(26)28-22(2,3)4)15-23(16-24,18-9-7-6-8-10-18)25-19-11-13-20(27-5)14-12-19/h6-14,25H,1,15H2,2-5H3. The molecule has 0 aliphatic heterocycles. The number of rotatable bonds is 7. The Morgan fingerprint density at radius 3 is 2.21 bits per heavy atom. The van der Waals surface area contributed by atoms with Crippen LogP contribution in [0.2, 0.25) is 0 Å². The zero-order chi connectivity index (χ0) is 20.8. The van der Waals surface area contributed by atoms with Crippen molar-refractivity contribution in [2.24, 2.45) is 0 Å². The topological polar surface area (TPSA) is 71.3 Å². The van der Waals surface area contributed by atoms with Crippen LogP contribution >= 0.6 is 0 Å². The highest BCUT2D eigenvalue weighted by Gasteiger charge is 2.35. The maximum Gasteiger partial charge on any atom is 0.334 e. The lowest BCUT2D eigenvalue weighted by molar-refractivity contribution is -0.150. The Labute approximate surface area is 166 Å². The predicted molar refractivity (Wildman–Crippen MR) is 110 cm³/mol. The van der Waals surface area contributed by atoms with E-state index in [0.29, 0.717) is 5.75 Å². The van der Waals surface area contributed by atoms with E-state index in [9.17, 15) is 10.1 Å². The Hall–Kier alpha value is -3.26. The molecule has 0 fully saturated rings. The molecule has 0 saturated carbocycles. The van der Waals surface area contributed by atoms with Crippen molar-refractivity contribution in [1.82, 2.24) is 0 Å². The molecule has 0 radical (unpaired) electrons. The van der Waals surface area contributed by atoms with Crippen molar-refractivity contribution in [2.45, 2.75) is 38.3 Å². The van der Waals surface area contributed by atoms with Crippen LogP contribution in [0.1, 0.15) is 32.8 Å². The van der Waals surface area contributed by atoms with E-state index in [0.717, 1.165) is 11.3 Å². The number of hydrogen-bond donors (Lipinski definition) is 1. The van der Waals surface area contributed by atoms with Crippen molar-refractivity contribution in [3.05, 3.63) is 72.3 Å². The highest BCUT2D eigenvalue weighted by molar-refractivity contribution is 5.88. The Morgan fingerprint density at radius 2 is 1.71 bits per heavy atom. The first-order valence-electron chi connectivity index (χ1n) is 8.99. The molecule has 5 nitrogen and oxygen atoms in total. The Morgan fingerprint density at radius 1 is 1.11 bits per heavy atom. The van der Waals surface area contributed by atoms with Gasteiger partial charge in [-0.15, -0.1) is 0 Å². The second kappa shape index (κ2) is 8.62. The number of nitriles is 1. The van der Waals surface area contributed by atoms with Gasteiger partial charge in [-0.1, -0.05) is 36.9 Å². The van der Waals surface area contributed by atoms with Crippen molar-refractivity contribution in [1.29, 1.82) is 5.26 Å². The number of carbonyl (C=O) groups excluding carboxylic acids is 1. The van der Waals surface area contributed by atoms with Crippen LogP contribution in [0.5, 0.6) is 5.75 Å². The third-order valence-corrected chi connectivity index (χ3v) is 4.07. The molecule has 2 rings (SSSR count). The molecule has 2 aromatic rings. The van der Waals surface area contributed by atoms with E-state index in [4.69, 9.17) is 9.47 Å². The summed E-state index contributed by atoms with van der Waals surface area (Å²) in [7, 11) is 1.59. The van der Waals surface area contributed by atoms with Crippen molar-refractivity contribution in [2.75, 3.05) is 12.4 Å². The summed E-state index contributed by atoms with van der Waals surface area (Å²) in [6, 6.07) is 18.9. The SMILES string of the molecule is C=C(CC(C#N)(Nc1ccc(OC)cc1)c1ccccc1)C(=O)OC(C)(C)C. The van der Waals surface area contributed by atoms with Crippen LogP contribution in [0, 0.1) is 11.3 Å². The molecule has 28 heavy (non-hydrogen) atoms. The van der Waals surface area contributed by atoms with Gasteiger partial charge in [0, 0.05) is 17.7 Å². The first-order valence-corrected chi connectivity index (χ1v) is 8.99. The van der Waals surface area contributed by atoms with Crippen LogP contribution in [-0.2, 0) is 15.1 Å². The molecule has 146 valence electrons. The van der Waals surface area contributed by atoms with Crippen molar-refractivity contribution < 1.29 is 14.3 Å². The second-order valence-electron chi connectivity index (χ2n) is 7.52. The number of benzene rings is 2. The van der Waals surface area contributed by atoms with E-state index in [1.165, 1.54) is 0 Å². The van der Waals surface area contributed by atoms with Crippen LogP contribution in [0.4, 0.5) is 5.69 Å². The molecule has 5 heteroatoms. The Balaban J connectivity index is 2.37. The molecule has 1 atom stereocenters. The first-order chi connectivity index (χ1) is 13.2. The fourth-order valence-corrected chi connectivity index (χ4v) is 2.74. The zero-order valence-electron chi connectivity index (χ0n) is 16.8. The van der Waals surface area contributed by atoms with Crippen LogP contribution in [0.3, 0.4) is 0 Å². The molecule has 0 saturated heterocycles. The number of ether oxygens (including phenoxy) is 2. The molecule has 0 spiro atoms. The molecule has 0 aliphatic rings. The summed E-state index contributed by atoms with van der Waals surface area (Å²) in [5.74, 6) is 0.200. The van der Waals surface area contributed by atoms with Gasteiger partial charge in [-0.05, 0) is 50.6 Å². The summed E-state index contributed by atoms with van der Waals surface area (Å²) < 4.78 is 10.6. The average molecular weight is 378 g/mol. The fourth-order valence-electron chi connectivity index (χ4n) is 2.74. The van der Waals surface area contributed by atoms with Crippen LogP contribution in [-0.4, -0.2) is 18.7 Å². The highest BCUT2D eigenvalue weighted by atomic mass is 16.6. The minimum Gasteiger partial charge on any atom is -0.497 e. The van der Waals surface area contributed by atoms with Gasteiger partial charge in [0.25, 0.3) is 0 Å². The zero-order valence-corrected chi connectivity index (χ0v) is 16.8. The number of hydrogen-bond acceptors (Lipinski definition) is 5. The number of nitrogens with one attached hydrogen (secondary N) is 1. The summed E-state index contributed by atoms with van der Waals surface area (Å²) in [4.78, 5) is 12.4. The van der Waals surface area contributed by atoms with E-state index in [-0.39, 0.29) is 12.0 Å². The van der Waals surface area contributed by atoms with E-state index in [1.807, 2.05) is 42.5 Å². The minimum absolute atomic E-state index is 0.0778. The van der Waals surface area contributed by atoms with Crippen LogP contribution in [0.15, 0.2) is 66.7 Å². The van der Waals surface area contributed by atoms with Crippen molar-refractivity contribution in [3.8, 4) is 11.8 Å². The molecule has 0 amide bonds. The maximum atomic E-state index is 12.4. The normalized spacial score (nSPS) is 13.0. The lowest BCUT2D eigenvalue weighted by Gasteiger charge is -2.31. The Bertz CT molecular complexity index is 861. The van der Waals surface area contributed by atoms with Crippen molar-refractivity contribution >= 4 is 11.7 Å². The van der Waals surface area contributed by atoms with Gasteiger partial charge in [0.15, 0.2) is 5.54 Å². The molecular formula is C23H26N2O3. The molecule has 0 heterocycles. The van der Waals surface area contributed by atoms with E-state index >= 15 is 0 Å². The molecule has 0 bridgehead atoms. The third-order valence-electron chi connectivity index (χ3n) is 4.07. The summed E-state index contributed by atoms with van der Waals surface area (Å²) in [6.45, 7) is 9.26. The third kappa shape index (κ3) is 5.37. The number of esters is 1. The van der Waals surface area contributed by atoms with Crippen LogP contribution < -0.4 is 10.1 Å². The summed E-state index contributed by atoms with van der Waals surface area (Å²) in [5, 5.41) is 13.4. The predicted octanol–water partition coefficient (Wildman–Crippen LogP) is 4.81. The first kappa shape index (κ1) is 21.0. The van der Waals surface area contributed by atoms with Crippen molar-refractivity contribution in [3.63, 3.8) is 0 Å². The largest absolute Gasteiger partial charge is 0.497 e. The number of methoxy groups -OCH3 is 1. The van der Waals surface area contributed by atoms with Gasteiger partial charge in [-0.2, -0.15) is 5.26 Å². The lowest BCUT2D eigenvalue weighted by atomic mass is 9.84. The number of nitrogens with zero attached hydrogens (tertiary/aromatic N) is 1. The molecule has 1 unspecified atom stereocenters. The van der Waals surface area contributed by atoms with Gasteiger partial charge < -0.3 is 14.8 Å². The number of anilines is 1. The fraction of sp³-hybridized carbons (Fsp3) is 0.304. The molecule has 0 aromatic heterocycles. The van der Waals surface area contributed by atoms with Gasteiger partial charge in [0.1, 0.15) is 11.4 Å². The van der Waals surface area contributed by atoms with Gasteiger partial charge in [0.2, 0.25) is 0 Å². The molecule has 1 N–H and O–H groups in total. The highest BCUT2D eigenvalue weighted by Crippen LogP contribution is 2.33. The molecular weight excluding hydrogens is 352 g/mol. The van der Waals surface area contributed by atoms with Gasteiger partial charge >= 0.3 is 5.97 Å². The quantitative estimate of drug-likeness (QED) is 0.553. The minimum atomic E-state index is -1.18. The van der Waals surface area contributed by atoms with E-state index in [2.05, 4.69) is 18.0 Å². The number of carbonyl (C=O) groups is 1. The molecule has 2 aromatic carbocycles. The maximum absolute atomic E-state index is 12.4. The average Bonchev–Trinajstić information content (AvgIpc) is 2.67. The van der Waals surface area contributed by atoms with E-state index < -0.39 is 17.1 Å². The summed E-state index contributed by atoms with van der Waals surface area (Å²) in [6.07, 6.45) is 0.0778. The summed E-state index contributed by atoms with van der Waals surface area (Å²) in [5.41, 5.74) is -0.127. The Kier molecular flexibility index (Phi) is 6.48.